The molecule has 11 heteroatoms. The Bertz CT molecular complexity index is 1110. The Morgan fingerprint density at radius 1 is 1.14 bits per heavy atom. The molecule has 0 radical (unpaired) electrons. The van der Waals surface area contributed by atoms with Gasteiger partial charge in [-0.2, -0.15) is 28.8 Å². The molecule has 0 aromatic heterocycles. The highest BCUT2D eigenvalue weighted by Gasteiger charge is 2.35. The van der Waals surface area contributed by atoms with Gasteiger partial charge >= 0.3 is 5.97 Å². The zero-order valence-corrected chi connectivity index (χ0v) is 15.2. The molecule has 1 atom stereocenters. The lowest BCUT2D eigenvalue weighted by molar-refractivity contribution is -0.117. The molecule has 1 aliphatic rings. The summed E-state index contributed by atoms with van der Waals surface area (Å²) in [6, 6.07) is 9.86. The van der Waals surface area contributed by atoms with E-state index in [2.05, 4.69) is 15.3 Å². The highest BCUT2D eigenvalue weighted by atomic mass is 32.2. The second kappa shape index (κ2) is 7.29. The fourth-order valence-electron chi connectivity index (χ4n) is 2.50. The molecule has 0 saturated carbocycles. The van der Waals surface area contributed by atoms with Gasteiger partial charge in [-0.3, -0.25) is 9.35 Å². The van der Waals surface area contributed by atoms with Gasteiger partial charge in [-0.15, -0.1) is 0 Å². The Kier molecular flexibility index (Phi) is 5.03. The van der Waals surface area contributed by atoms with E-state index in [1.807, 2.05) is 0 Å². The molecular formula is C17H14N4O6S. The second-order valence-corrected chi connectivity index (χ2v) is 7.22. The smallest absolute Gasteiger partial charge is 0.337 e. The van der Waals surface area contributed by atoms with Crippen LogP contribution in [0.15, 0.2) is 68.8 Å². The van der Waals surface area contributed by atoms with Crippen LogP contribution >= 0.6 is 0 Å². The molecule has 0 aliphatic carbocycles. The SMILES string of the molecule is CC1=NN(c2ccc(S(=O)(=O)O)cc2)C(=O)C1N=Nc1ccccc1C(=O)O. The topological polar surface area (TPSA) is 149 Å². The predicted octanol–water partition coefficient (Wildman–Crippen LogP) is 2.51. The molecule has 2 aromatic carbocycles. The van der Waals surface area contributed by atoms with Crippen LogP contribution < -0.4 is 5.01 Å². The van der Waals surface area contributed by atoms with Gasteiger partial charge in [0.15, 0.2) is 6.04 Å². The summed E-state index contributed by atoms with van der Waals surface area (Å²) in [6.45, 7) is 1.57. The van der Waals surface area contributed by atoms with Crippen molar-refractivity contribution in [1.82, 2.24) is 0 Å². The van der Waals surface area contributed by atoms with Crippen LogP contribution in [0.4, 0.5) is 11.4 Å². The number of carboxylic acids is 1. The van der Waals surface area contributed by atoms with E-state index in [0.717, 1.165) is 17.1 Å². The quantitative estimate of drug-likeness (QED) is 0.579. The molecule has 1 heterocycles. The molecule has 1 unspecified atom stereocenters. The summed E-state index contributed by atoms with van der Waals surface area (Å²) < 4.78 is 31.2. The van der Waals surface area contributed by atoms with Crippen LogP contribution in [0.25, 0.3) is 0 Å². The summed E-state index contributed by atoms with van der Waals surface area (Å²) in [5.74, 6) is -1.70. The average molecular weight is 402 g/mol. The van der Waals surface area contributed by atoms with Crippen LogP contribution in [0.2, 0.25) is 0 Å². The molecule has 2 N–H and O–H groups in total. The number of amides is 1. The van der Waals surface area contributed by atoms with Crippen molar-refractivity contribution in [2.24, 2.45) is 15.3 Å². The first kappa shape index (κ1) is 19.3. The van der Waals surface area contributed by atoms with E-state index >= 15 is 0 Å². The fourth-order valence-corrected chi connectivity index (χ4v) is 2.98. The minimum absolute atomic E-state index is 0.0519. The van der Waals surface area contributed by atoms with E-state index in [1.54, 1.807) is 19.1 Å². The number of nitrogens with zero attached hydrogens (tertiary/aromatic N) is 4. The van der Waals surface area contributed by atoms with E-state index in [1.165, 1.54) is 24.3 Å². The maximum absolute atomic E-state index is 12.6. The minimum Gasteiger partial charge on any atom is -0.478 e. The van der Waals surface area contributed by atoms with Crippen molar-refractivity contribution < 1.29 is 27.7 Å². The maximum Gasteiger partial charge on any atom is 0.337 e. The van der Waals surface area contributed by atoms with Crippen LogP contribution in [-0.4, -0.2) is 41.7 Å². The zero-order valence-electron chi connectivity index (χ0n) is 14.4. The van der Waals surface area contributed by atoms with Crippen molar-refractivity contribution in [3.8, 4) is 0 Å². The van der Waals surface area contributed by atoms with Crippen LogP contribution in [0.5, 0.6) is 0 Å². The molecule has 0 fully saturated rings. The van der Waals surface area contributed by atoms with Crippen molar-refractivity contribution in [2.75, 3.05) is 5.01 Å². The van der Waals surface area contributed by atoms with Crippen molar-refractivity contribution in [3.63, 3.8) is 0 Å². The molecule has 0 saturated heterocycles. The lowest BCUT2D eigenvalue weighted by Gasteiger charge is -2.12. The van der Waals surface area contributed by atoms with E-state index in [-0.39, 0.29) is 21.8 Å². The van der Waals surface area contributed by atoms with Crippen LogP contribution in [0, 0.1) is 0 Å². The van der Waals surface area contributed by atoms with Gasteiger partial charge in [-0.25, -0.2) is 4.79 Å². The van der Waals surface area contributed by atoms with Crippen molar-refractivity contribution in [2.45, 2.75) is 17.9 Å². The number of carboxylic acid groups (broad SMARTS) is 1. The number of hydrogen-bond acceptors (Lipinski definition) is 7. The van der Waals surface area contributed by atoms with Gasteiger partial charge in [-0.1, -0.05) is 12.1 Å². The van der Waals surface area contributed by atoms with E-state index in [4.69, 9.17) is 4.55 Å². The Morgan fingerprint density at radius 2 is 1.79 bits per heavy atom. The molecule has 0 spiro atoms. The summed E-state index contributed by atoms with van der Waals surface area (Å²) in [6.07, 6.45) is 0. The first-order valence-corrected chi connectivity index (χ1v) is 9.32. The summed E-state index contributed by atoms with van der Waals surface area (Å²) in [4.78, 5) is 23.5. The molecule has 10 nitrogen and oxygen atoms in total. The van der Waals surface area contributed by atoms with Crippen molar-refractivity contribution in [3.05, 3.63) is 54.1 Å². The maximum atomic E-state index is 12.6. The number of hydrogen-bond donors (Lipinski definition) is 2. The first-order chi connectivity index (χ1) is 13.2. The standard InChI is InChI=1S/C17H14N4O6S/c1-10-15(19-18-14-5-3-2-4-13(14)17(23)24)16(22)21(20-10)11-6-8-12(9-7-11)28(25,26)27/h2-9,15H,1H3,(H,23,24)(H,25,26,27). The molecule has 3 rings (SSSR count). The molecule has 28 heavy (non-hydrogen) atoms. The lowest BCUT2D eigenvalue weighted by atomic mass is 10.2. The number of aromatic carboxylic acids is 1. The summed E-state index contributed by atoms with van der Waals surface area (Å²) in [5, 5.41) is 22.1. The fraction of sp³-hybridized carbons (Fsp3) is 0.118. The Hall–Kier alpha value is -3.44. The van der Waals surface area contributed by atoms with Crippen molar-refractivity contribution >= 4 is 39.1 Å². The van der Waals surface area contributed by atoms with E-state index < -0.39 is 28.0 Å². The Labute approximate surface area is 159 Å². The summed E-state index contributed by atoms with van der Waals surface area (Å²) in [7, 11) is -4.35. The number of rotatable bonds is 5. The highest BCUT2D eigenvalue weighted by Crippen LogP contribution is 2.25. The number of benzene rings is 2. The number of azo groups is 1. The monoisotopic (exact) mass is 402 g/mol. The van der Waals surface area contributed by atoms with E-state index in [0.29, 0.717) is 5.71 Å². The van der Waals surface area contributed by atoms with Gasteiger partial charge in [-0.05, 0) is 43.3 Å². The van der Waals surface area contributed by atoms with Gasteiger partial charge < -0.3 is 5.11 Å². The van der Waals surface area contributed by atoms with Crippen LogP contribution in [0.1, 0.15) is 17.3 Å². The Morgan fingerprint density at radius 3 is 2.39 bits per heavy atom. The number of hydrazone groups is 1. The summed E-state index contributed by atoms with van der Waals surface area (Å²) >= 11 is 0. The van der Waals surface area contributed by atoms with Gasteiger partial charge in [0.25, 0.3) is 16.0 Å². The molecular weight excluding hydrogens is 388 g/mol. The second-order valence-electron chi connectivity index (χ2n) is 5.80. The van der Waals surface area contributed by atoms with Gasteiger partial charge in [0.2, 0.25) is 0 Å². The first-order valence-electron chi connectivity index (χ1n) is 7.88. The van der Waals surface area contributed by atoms with Gasteiger partial charge in [0.05, 0.1) is 27.5 Å². The minimum atomic E-state index is -4.35. The molecule has 1 amide bonds. The third kappa shape index (κ3) is 3.80. The number of carbonyl (C=O) groups is 2. The number of carbonyl (C=O) groups excluding carboxylic acids is 1. The summed E-state index contributed by atoms with van der Waals surface area (Å²) in [5.41, 5.74) is 0.663. The lowest BCUT2D eigenvalue weighted by Crippen LogP contribution is -2.29. The third-order valence-corrected chi connectivity index (χ3v) is 4.76. The highest BCUT2D eigenvalue weighted by molar-refractivity contribution is 7.85. The van der Waals surface area contributed by atoms with E-state index in [9.17, 15) is 23.1 Å². The van der Waals surface area contributed by atoms with Gasteiger partial charge in [0, 0.05) is 0 Å². The van der Waals surface area contributed by atoms with Crippen molar-refractivity contribution in [1.29, 1.82) is 0 Å². The molecule has 0 bridgehead atoms. The van der Waals surface area contributed by atoms with Crippen LogP contribution in [-0.2, 0) is 14.9 Å². The molecule has 2 aromatic rings. The van der Waals surface area contributed by atoms with Crippen LogP contribution in [0.3, 0.4) is 0 Å². The molecule has 144 valence electrons. The Balaban J connectivity index is 1.85. The normalized spacial score (nSPS) is 17.2. The van der Waals surface area contributed by atoms with Gasteiger partial charge in [0.1, 0.15) is 0 Å². The zero-order chi connectivity index (χ0) is 20.5. The third-order valence-electron chi connectivity index (χ3n) is 3.89. The number of anilines is 1. The predicted molar refractivity (Wildman–Crippen MR) is 98.6 cm³/mol. The average Bonchev–Trinajstić information content (AvgIpc) is 2.93. The largest absolute Gasteiger partial charge is 0.478 e. The molecule has 1 aliphatic heterocycles.